The summed E-state index contributed by atoms with van der Waals surface area (Å²) in [4.78, 5) is 2.42. The molecule has 0 fully saturated rings. The summed E-state index contributed by atoms with van der Waals surface area (Å²) in [7, 11) is 0. The average molecular weight is 230 g/mol. The number of nitrogens with one attached hydrogen (secondary N) is 1. The van der Waals surface area contributed by atoms with Crippen LogP contribution in [-0.4, -0.2) is 24.5 Å². The van der Waals surface area contributed by atoms with Crippen molar-refractivity contribution in [3.8, 4) is 0 Å². The van der Waals surface area contributed by atoms with Gasteiger partial charge in [-0.15, -0.1) is 0 Å². The molecular weight excluding hydrogens is 208 g/mol. The van der Waals surface area contributed by atoms with Gasteiger partial charge >= 0.3 is 0 Å². The molecule has 1 aliphatic heterocycles. The SMILES string of the molecule is C=C(C)CN(CC)Cc1ccc2c(c1)CCN2. The molecule has 92 valence electrons. The number of benzene rings is 1. The molecule has 17 heavy (non-hydrogen) atoms. The van der Waals surface area contributed by atoms with E-state index >= 15 is 0 Å². The van der Waals surface area contributed by atoms with Crippen molar-refractivity contribution in [2.75, 3.05) is 25.0 Å². The molecule has 0 atom stereocenters. The third-order valence-corrected chi connectivity index (χ3v) is 3.23. The molecule has 2 nitrogen and oxygen atoms in total. The first-order valence-electron chi connectivity index (χ1n) is 6.41. The van der Waals surface area contributed by atoms with Crippen molar-refractivity contribution in [1.29, 1.82) is 0 Å². The summed E-state index contributed by atoms with van der Waals surface area (Å²) in [5.41, 5.74) is 5.43. The quantitative estimate of drug-likeness (QED) is 0.782. The van der Waals surface area contributed by atoms with Gasteiger partial charge in [-0.25, -0.2) is 0 Å². The Kier molecular flexibility index (Phi) is 3.85. The van der Waals surface area contributed by atoms with Crippen molar-refractivity contribution in [3.63, 3.8) is 0 Å². The third kappa shape index (κ3) is 3.10. The van der Waals surface area contributed by atoms with Crippen LogP contribution >= 0.6 is 0 Å². The van der Waals surface area contributed by atoms with E-state index in [2.05, 4.69) is 48.8 Å². The minimum absolute atomic E-state index is 0.992. The Bertz CT molecular complexity index is 409. The first kappa shape index (κ1) is 12.2. The number of rotatable bonds is 5. The summed E-state index contributed by atoms with van der Waals surface area (Å²) < 4.78 is 0. The number of hydrogen-bond acceptors (Lipinski definition) is 2. The highest BCUT2D eigenvalue weighted by Gasteiger charge is 2.11. The van der Waals surface area contributed by atoms with E-state index in [1.807, 2.05) is 0 Å². The molecule has 1 aliphatic rings. The van der Waals surface area contributed by atoms with E-state index in [1.54, 1.807) is 0 Å². The summed E-state index contributed by atoms with van der Waals surface area (Å²) in [5, 5.41) is 3.40. The fourth-order valence-electron chi connectivity index (χ4n) is 2.38. The van der Waals surface area contributed by atoms with Crippen LogP contribution in [0.3, 0.4) is 0 Å². The summed E-state index contributed by atoms with van der Waals surface area (Å²) in [6.07, 6.45) is 1.16. The second kappa shape index (κ2) is 5.37. The van der Waals surface area contributed by atoms with Gasteiger partial charge in [-0.3, -0.25) is 4.90 Å². The summed E-state index contributed by atoms with van der Waals surface area (Å²) in [6.45, 7) is 12.5. The van der Waals surface area contributed by atoms with Crippen molar-refractivity contribution in [1.82, 2.24) is 4.90 Å². The van der Waals surface area contributed by atoms with Gasteiger partial charge in [0, 0.05) is 25.3 Å². The Balaban J connectivity index is 2.04. The van der Waals surface area contributed by atoms with Crippen molar-refractivity contribution in [2.24, 2.45) is 0 Å². The zero-order valence-electron chi connectivity index (χ0n) is 10.9. The average Bonchev–Trinajstić information content (AvgIpc) is 2.74. The Hall–Kier alpha value is -1.28. The van der Waals surface area contributed by atoms with Crippen LogP contribution in [-0.2, 0) is 13.0 Å². The maximum Gasteiger partial charge on any atom is 0.0373 e. The van der Waals surface area contributed by atoms with Crippen LogP contribution in [0.15, 0.2) is 30.4 Å². The molecule has 1 aromatic carbocycles. The highest BCUT2D eigenvalue weighted by Crippen LogP contribution is 2.23. The molecular formula is C15H22N2. The molecule has 0 aromatic heterocycles. The summed E-state index contributed by atoms with van der Waals surface area (Å²) in [5.74, 6) is 0. The molecule has 1 heterocycles. The van der Waals surface area contributed by atoms with Gasteiger partial charge in [0.05, 0.1) is 0 Å². The van der Waals surface area contributed by atoms with Gasteiger partial charge in [0.1, 0.15) is 0 Å². The van der Waals surface area contributed by atoms with Crippen molar-refractivity contribution in [3.05, 3.63) is 41.5 Å². The summed E-state index contributed by atoms with van der Waals surface area (Å²) >= 11 is 0. The molecule has 0 radical (unpaired) electrons. The van der Waals surface area contributed by atoms with Crippen molar-refractivity contribution in [2.45, 2.75) is 26.8 Å². The summed E-state index contributed by atoms with van der Waals surface area (Å²) in [6, 6.07) is 6.79. The Morgan fingerprint density at radius 1 is 1.47 bits per heavy atom. The zero-order valence-corrected chi connectivity index (χ0v) is 10.9. The van der Waals surface area contributed by atoms with Crippen molar-refractivity contribution < 1.29 is 0 Å². The Labute approximate surface area is 104 Å². The fourth-order valence-corrected chi connectivity index (χ4v) is 2.38. The monoisotopic (exact) mass is 230 g/mol. The van der Waals surface area contributed by atoms with Crippen LogP contribution in [0.25, 0.3) is 0 Å². The second-order valence-corrected chi connectivity index (χ2v) is 4.93. The molecule has 2 rings (SSSR count). The molecule has 0 bridgehead atoms. The molecule has 0 amide bonds. The van der Waals surface area contributed by atoms with Gasteiger partial charge in [0.15, 0.2) is 0 Å². The molecule has 1 N–H and O–H groups in total. The molecule has 0 saturated carbocycles. The molecule has 0 spiro atoms. The largest absolute Gasteiger partial charge is 0.384 e. The zero-order chi connectivity index (χ0) is 12.3. The highest BCUT2D eigenvalue weighted by atomic mass is 15.1. The molecule has 1 aromatic rings. The van der Waals surface area contributed by atoms with Crippen LogP contribution < -0.4 is 5.32 Å². The minimum atomic E-state index is 0.992. The van der Waals surface area contributed by atoms with Gasteiger partial charge in [0.2, 0.25) is 0 Å². The smallest absolute Gasteiger partial charge is 0.0373 e. The normalized spacial score (nSPS) is 13.6. The lowest BCUT2D eigenvalue weighted by molar-refractivity contribution is 0.304. The third-order valence-electron chi connectivity index (χ3n) is 3.23. The van der Waals surface area contributed by atoms with Gasteiger partial charge < -0.3 is 5.32 Å². The number of likely N-dealkylation sites (N-methyl/N-ethyl adjacent to an activating group) is 1. The molecule has 0 saturated heterocycles. The minimum Gasteiger partial charge on any atom is -0.384 e. The van der Waals surface area contributed by atoms with Crippen LogP contribution in [0.4, 0.5) is 5.69 Å². The van der Waals surface area contributed by atoms with E-state index in [9.17, 15) is 0 Å². The number of hydrogen-bond donors (Lipinski definition) is 1. The first-order chi connectivity index (χ1) is 8.19. The lowest BCUT2D eigenvalue weighted by Gasteiger charge is -2.20. The van der Waals surface area contributed by atoms with E-state index in [0.717, 1.165) is 32.6 Å². The van der Waals surface area contributed by atoms with E-state index in [0.29, 0.717) is 0 Å². The van der Waals surface area contributed by atoms with E-state index in [4.69, 9.17) is 0 Å². The predicted octanol–water partition coefficient (Wildman–Crippen LogP) is 3.05. The standard InChI is InChI=1S/C15H22N2/c1-4-17(10-12(2)3)11-13-5-6-15-14(9-13)7-8-16-15/h5-6,9,16H,2,4,7-8,10-11H2,1,3H3. The van der Waals surface area contributed by atoms with Crippen LogP contribution in [0.5, 0.6) is 0 Å². The van der Waals surface area contributed by atoms with Crippen LogP contribution in [0.2, 0.25) is 0 Å². The number of fused-ring (bicyclic) bond motifs is 1. The lowest BCUT2D eigenvalue weighted by atomic mass is 10.1. The first-order valence-corrected chi connectivity index (χ1v) is 6.41. The lowest BCUT2D eigenvalue weighted by Crippen LogP contribution is -2.24. The molecule has 2 heteroatoms. The van der Waals surface area contributed by atoms with E-state index < -0.39 is 0 Å². The van der Waals surface area contributed by atoms with Crippen LogP contribution in [0.1, 0.15) is 25.0 Å². The molecule has 0 unspecified atom stereocenters. The van der Waals surface area contributed by atoms with Gasteiger partial charge in [0.25, 0.3) is 0 Å². The second-order valence-electron chi connectivity index (χ2n) is 4.93. The maximum absolute atomic E-state index is 3.99. The number of anilines is 1. The van der Waals surface area contributed by atoms with Crippen molar-refractivity contribution >= 4 is 5.69 Å². The fraction of sp³-hybridized carbons (Fsp3) is 0.467. The van der Waals surface area contributed by atoms with Gasteiger partial charge in [-0.2, -0.15) is 0 Å². The van der Waals surface area contributed by atoms with Gasteiger partial charge in [-0.1, -0.05) is 31.2 Å². The van der Waals surface area contributed by atoms with E-state index in [-0.39, 0.29) is 0 Å². The number of nitrogens with zero attached hydrogens (tertiary/aromatic N) is 1. The predicted molar refractivity (Wildman–Crippen MR) is 74.4 cm³/mol. The van der Waals surface area contributed by atoms with Gasteiger partial charge in [-0.05, 0) is 37.1 Å². The Morgan fingerprint density at radius 3 is 3.00 bits per heavy atom. The highest BCUT2D eigenvalue weighted by molar-refractivity contribution is 5.56. The Morgan fingerprint density at radius 2 is 2.29 bits per heavy atom. The van der Waals surface area contributed by atoms with E-state index in [1.165, 1.54) is 22.4 Å². The molecule has 0 aliphatic carbocycles. The topological polar surface area (TPSA) is 15.3 Å². The van der Waals surface area contributed by atoms with Crippen LogP contribution in [0, 0.1) is 0 Å². The maximum atomic E-state index is 3.99.